The Hall–Kier alpha value is -3.21. The number of benzene rings is 1. The third-order valence-electron chi connectivity index (χ3n) is 3.91. The van der Waals surface area contributed by atoms with Crippen molar-refractivity contribution in [2.45, 2.75) is 39.8 Å². The third-order valence-corrected chi connectivity index (χ3v) is 3.91. The lowest BCUT2D eigenvalue weighted by molar-refractivity contribution is -0.122. The summed E-state index contributed by atoms with van der Waals surface area (Å²) in [6, 6.07) is 7.03. The van der Waals surface area contributed by atoms with E-state index in [0.717, 1.165) is 6.20 Å². The fourth-order valence-electron chi connectivity index (χ4n) is 2.68. The zero-order chi connectivity index (χ0) is 20.2. The van der Waals surface area contributed by atoms with E-state index in [-0.39, 0.29) is 16.8 Å². The molecule has 1 aromatic heterocycles. The van der Waals surface area contributed by atoms with Crippen LogP contribution >= 0.6 is 0 Å². The number of rotatable bonds is 5. The van der Waals surface area contributed by atoms with Gasteiger partial charge >= 0.3 is 5.69 Å². The third kappa shape index (κ3) is 5.38. The van der Waals surface area contributed by atoms with Gasteiger partial charge in [0, 0.05) is 6.20 Å². The fourth-order valence-corrected chi connectivity index (χ4v) is 2.68. The number of hydrogen-bond acceptors (Lipinski definition) is 4. The smallest absolute Gasteiger partial charge is 0.328 e. The Kier molecular flexibility index (Phi) is 5.95. The maximum Gasteiger partial charge on any atom is 0.328 e. The molecular formula is C19H21FN4O3. The monoisotopic (exact) mass is 372 g/mol. The topological polar surface area (TPSA) is 108 Å². The molecule has 2 aromatic rings. The average Bonchev–Trinajstić information content (AvgIpc) is 2.57. The summed E-state index contributed by atoms with van der Waals surface area (Å²) >= 11 is 0. The molecule has 0 aliphatic heterocycles. The first-order valence-electron chi connectivity index (χ1n) is 8.38. The van der Waals surface area contributed by atoms with Gasteiger partial charge in [-0.05, 0) is 29.5 Å². The molecule has 142 valence electrons. The number of carbonyl (C=O) groups is 1. The number of aromatic amines is 1. The predicted molar refractivity (Wildman–Crippen MR) is 97.4 cm³/mol. The first kappa shape index (κ1) is 20.1. The largest absolute Gasteiger partial charge is 0.348 e. The van der Waals surface area contributed by atoms with Gasteiger partial charge in [0.25, 0.3) is 5.56 Å². The van der Waals surface area contributed by atoms with E-state index in [2.05, 4.69) is 10.3 Å². The van der Waals surface area contributed by atoms with Gasteiger partial charge in [-0.1, -0.05) is 32.9 Å². The van der Waals surface area contributed by atoms with Crippen LogP contribution in [0.2, 0.25) is 0 Å². The van der Waals surface area contributed by atoms with Crippen LogP contribution in [0.4, 0.5) is 4.39 Å². The van der Waals surface area contributed by atoms with Crippen LogP contribution in [0.5, 0.6) is 0 Å². The van der Waals surface area contributed by atoms with Crippen LogP contribution in [-0.4, -0.2) is 15.5 Å². The van der Waals surface area contributed by atoms with E-state index in [4.69, 9.17) is 5.26 Å². The Morgan fingerprint density at radius 1 is 1.30 bits per heavy atom. The molecule has 0 saturated carbocycles. The molecule has 0 aliphatic rings. The van der Waals surface area contributed by atoms with Gasteiger partial charge in [0.1, 0.15) is 24.0 Å². The van der Waals surface area contributed by atoms with Gasteiger partial charge in [-0.3, -0.25) is 9.59 Å². The summed E-state index contributed by atoms with van der Waals surface area (Å²) in [6.07, 6.45) is 1.58. The SMILES string of the molecule is CC(C)(C)CC(NC(=O)Cn1c(=O)[nH]cc(C#N)c1=O)c1ccc(F)cc1. The van der Waals surface area contributed by atoms with Gasteiger partial charge in [-0.15, -0.1) is 0 Å². The van der Waals surface area contributed by atoms with E-state index in [1.165, 1.54) is 12.1 Å². The number of nitrogens with zero attached hydrogens (tertiary/aromatic N) is 2. The van der Waals surface area contributed by atoms with Crippen LogP contribution < -0.4 is 16.6 Å². The number of H-pyrrole nitrogens is 1. The lowest BCUT2D eigenvalue weighted by Gasteiger charge is -2.27. The predicted octanol–water partition coefficient (Wildman–Crippen LogP) is 1.84. The van der Waals surface area contributed by atoms with Crippen molar-refractivity contribution < 1.29 is 9.18 Å². The van der Waals surface area contributed by atoms with E-state index in [9.17, 15) is 18.8 Å². The van der Waals surface area contributed by atoms with Crippen LogP contribution in [0.3, 0.4) is 0 Å². The Balaban J connectivity index is 2.27. The summed E-state index contributed by atoms with van der Waals surface area (Å²) in [7, 11) is 0. The minimum Gasteiger partial charge on any atom is -0.348 e. The number of carbonyl (C=O) groups excluding carboxylic acids is 1. The number of nitriles is 1. The summed E-state index contributed by atoms with van der Waals surface area (Å²) in [6.45, 7) is 5.48. The Bertz CT molecular complexity index is 978. The van der Waals surface area contributed by atoms with Crippen LogP contribution in [0.25, 0.3) is 0 Å². The molecule has 1 atom stereocenters. The van der Waals surface area contributed by atoms with E-state index in [1.54, 1.807) is 18.2 Å². The highest BCUT2D eigenvalue weighted by Gasteiger charge is 2.23. The molecule has 1 heterocycles. The molecule has 7 nitrogen and oxygen atoms in total. The minimum atomic E-state index is -0.828. The van der Waals surface area contributed by atoms with Crippen molar-refractivity contribution in [2.24, 2.45) is 5.41 Å². The van der Waals surface area contributed by atoms with Crippen LogP contribution in [-0.2, 0) is 11.3 Å². The van der Waals surface area contributed by atoms with Crippen LogP contribution in [0, 0.1) is 22.6 Å². The van der Waals surface area contributed by atoms with Gasteiger partial charge in [-0.2, -0.15) is 5.26 Å². The summed E-state index contributed by atoms with van der Waals surface area (Å²) < 4.78 is 13.9. The lowest BCUT2D eigenvalue weighted by atomic mass is 9.85. The summed E-state index contributed by atoms with van der Waals surface area (Å²) in [5, 5.41) is 11.7. The second-order valence-electron chi connectivity index (χ2n) is 7.45. The minimum absolute atomic E-state index is 0.138. The molecule has 0 bridgehead atoms. The Labute approximate surface area is 155 Å². The highest BCUT2D eigenvalue weighted by molar-refractivity contribution is 5.76. The second kappa shape index (κ2) is 7.99. The molecule has 1 unspecified atom stereocenters. The zero-order valence-electron chi connectivity index (χ0n) is 15.4. The summed E-state index contributed by atoms with van der Waals surface area (Å²) in [4.78, 5) is 38.6. The molecule has 0 aliphatic carbocycles. The quantitative estimate of drug-likeness (QED) is 0.835. The van der Waals surface area contributed by atoms with Gasteiger partial charge < -0.3 is 10.3 Å². The van der Waals surface area contributed by atoms with Crippen LogP contribution in [0.15, 0.2) is 40.1 Å². The van der Waals surface area contributed by atoms with Gasteiger partial charge in [-0.25, -0.2) is 13.8 Å². The maximum absolute atomic E-state index is 13.2. The molecule has 2 rings (SSSR count). The Morgan fingerprint density at radius 2 is 1.93 bits per heavy atom. The first-order valence-corrected chi connectivity index (χ1v) is 8.38. The van der Waals surface area contributed by atoms with Gasteiger partial charge in [0.15, 0.2) is 0 Å². The van der Waals surface area contributed by atoms with E-state index >= 15 is 0 Å². The average molecular weight is 372 g/mol. The molecule has 0 fully saturated rings. The molecule has 8 heteroatoms. The highest BCUT2D eigenvalue weighted by atomic mass is 19.1. The molecule has 1 amide bonds. The number of aromatic nitrogens is 2. The van der Waals surface area contributed by atoms with E-state index in [0.29, 0.717) is 16.6 Å². The molecule has 0 spiro atoms. The van der Waals surface area contributed by atoms with Crippen molar-refractivity contribution in [1.29, 1.82) is 5.26 Å². The summed E-state index contributed by atoms with van der Waals surface area (Å²) in [5.41, 5.74) is -1.28. The second-order valence-corrected chi connectivity index (χ2v) is 7.45. The first-order chi connectivity index (χ1) is 12.6. The van der Waals surface area contributed by atoms with Crippen molar-refractivity contribution in [3.63, 3.8) is 0 Å². The zero-order valence-corrected chi connectivity index (χ0v) is 15.4. The van der Waals surface area contributed by atoms with Crippen molar-refractivity contribution in [1.82, 2.24) is 14.9 Å². The van der Waals surface area contributed by atoms with Crippen molar-refractivity contribution in [2.75, 3.05) is 0 Å². The van der Waals surface area contributed by atoms with E-state index < -0.39 is 29.7 Å². The van der Waals surface area contributed by atoms with Crippen LogP contribution in [0.1, 0.15) is 44.4 Å². The Morgan fingerprint density at radius 3 is 2.48 bits per heavy atom. The molecule has 1 aromatic carbocycles. The van der Waals surface area contributed by atoms with Gasteiger partial charge in [0.05, 0.1) is 6.04 Å². The number of halogens is 1. The highest BCUT2D eigenvalue weighted by Crippen LogP contribution is 2.29. The molecule has 0 radical (unpaired) electrons. The molecule has 0 saturated heterocycles. The fraction of sp³-hybridized carbons (Fsp3) is 0.368. The molecule has 2 N–H and O–H groups in total. The van der Waals surface area contributed by atoms with Crippen molar-refractivity contribution in [3.05, 3.63) is 68.2 Å². The molecular weight excluding hydrogens is 351 g/mol. The molecule has 27 heavy (non-hydrogen) atoms. The normalized spacial score (nSPS) is 12.3. The number of amides is 1. The van der Waals surface area contributed by atoms with E-state index in [1.807, 2.05) is 20.8 Å². The van der Waals surface area contributed by atoms with Gasteiger partial charge in [0.2, 0.25) is 5.91 Å². The van der Waals surface area contributed by atoms with Crippen molar-refractivity contribution in [3.8, 4) is 6.07 Å². The van der Waals surface area contributed by atoms with Crippen molar-refractivity contribution >= 4 is 5.91 Å². The summed E-state index contributed by atoms with van der Waals surface area (Å²) in [5.74, 6) is -0.942. The standard InChI is InChI=1S/C19H21FN4O3/c1-19(2,3)8-15(12-4-6-14(20)7-5-12)23-16(25)11-24-17(26)13(9-21)10-22-18(24)27/h4-7,10,15H,8,11H2,1-3H3,(H,22,27)(H,23,25). The maximum atomic E-state index is 13.2. The lowest BCUT2D eigenvalue weighted by Crippen LogP contribution is -2.42. The number of hydrogen-bond donors (Lipinski definition) is 2. The number of nitrogens with one attached hydrogen (secondary N) is 2.